The van der Waals surface area contributed by atoms with E-state index in [4.69, 9.17) is 9.40 Å². The first-order valence-electron chi connectivity index (χ1n) is 9.02. The fourth-order valence-corrected chi connectivity index (χ4v) is 3.34. The molecule has 0 aliphatic carbocycles. The van der Waals surface area contributed by atoms with Crippen LogP contribution in [0, 0.1) is 6.92 Å². The molecule has 138 valence electrons. The van der Waals surface area contributed by atoms with Crippen molar-refractivity contribution in [2.75, 3.05) is 5.32 Å². The van der Waals surface area contributed by atoms with Gasteiger partial charge in [-0.15, -0.1) is 0 Å². The summed E-state index contributed by atoms with van der Waals surface area (Å²) < 4.78 is 7.77. The maximum Gasteiger partial charge on any atom is 0.164 e. The van der Waals surface area contributed by atoms with Crippen LogP contribution in [0.1, 0.15) is 11.3 Å². The van der Waals surface area contributed by atoms with Crippen molar-refractivity contribution in [1.82, 2.24) is 24.7 Å². The third kappa shape index (κ3) is 2.68. The van der Waals surface area contributed by atoms with Crippen molar-refractivity contribution >= 4 is 27.8 Å². The number of hydrogen-bond donors (Lipinski definition) is 1. The van der Waals surface area contributed by atoms with Crippen LogP contribution >= 0.6 is 0 Å². The Kier molecular flexibility index (Phi) is 3.79. The van der Waals surface area contributed by atoms with Crippen molar-refractivity contribution < 1.29 is 4.42 Å². The first-order chi connectivity index (χ1) is 13.7. The maximum absolute atomic E-state index is 6.02. The molecular weight excluding hydrogens is 352 g/mol. The van der Waals surface area contributed by atoms with Crippen LogP contribution in [0.4, 0.5) is 5.82 Å². The highest BCUT2D eigenvalue weighted by Crippen LogP contribution is 2.28. The number of aromatic nitrogens is 5. The molecule has 1 N–H and O–H groups in total. The second-order valence-corrected chi connectivity index (χ2v) is 6.64. The minimum Gasteiger partial charge on any atom is -0.459 e. The normalized spacial score (nSPS) is 11.4. The summed E-state index contributed by atoms with van der Waals surface area (Å²) in [5, 5.41) is 9.75. The summed E-state index contributed by atoms with van der Waals surface area (Å²) in [7, 11) is 1.87. The molecule has 4 heterocycles. The number of hydrogen-bond acceptors (Lipinski definition) is 6. The van der Waals surface area contributed by atoms with Crippen LogP contribution in [0.15, 0.2) is 59.4 Å². The Labute approximate surface area is 161 Å². The average Bonchev–Trinajstić information content (AvgIpc) is 3.27. The predicted octanol–water partition coefficient (Wildman–Crippen LogP) is 4.09. The summed E-state index contributed by atoms with van der Waals surface area (Å²) in [6.07, 6.45) is 5.24. The number of furan rings is 1. The van der Waals surface area contributed by atoms with Crippen molar-refractivity contribution in [2.24, 2.45) is 7.05 Å². The first-order valence-corrected chi connectivity index (χ1v) is 9.02. The third-order valence-corrected chi connectivity index (χ3v) is 4.89. The van der Waals surface area contributed by atoms with E-state index >= 15 is 0 Å². The number of pyridine rings is 1. The van der Waals surface area contributed by atoms with Gasteiger partial charge in [0.1, 0.15) is 17.2 Å². The van der Waals surface area contributed by atoms with Gasteiger partial charge in [-0.2, -0.15) is 5.10 Å². The van der Waals surface area contributed by atoms with Gasteiger partial charge in [0.25, 0.3) is 0 Å². The lowest BCUT2D eigenvalue weighted by atomic mass is 10.1. The van der Waals surface area contributed by atoms with E-state index in [9.17, 15) is 0 Å². The molecule has 0 aliphatic heterocycles. The highest BCUT2D eigenvalue weighted by molar-refractivity contribution is 5.88. The maximum atomic E-state index is 6.02. The highest BCUT2D eigenvalue weighted by Gasteiger charge is 2.15. The molecular formula is C21H18N6O. The summed E-state index contributed by atoms with van der Waals surface area (Å²) in [4.78, 5) is 13.5. The minimum absolute atomic E-state index is 0.525. The van der Waals surface area contributed by atoms with Crippen LogP contribution < -0.4 is 5.32 Å². The molecule has 0 spiro atoms. The van der Waals surface area contributed by atoms with Gasteiger partial charge < -0.3 is 9.73 Å². The van der Waals surface area contributed by atoms with Crippen LogP contribution in [0.25, 0.3) is 33.4 Å². The van der Waals surface area contributed by atoms with Crippen molar-refractivity contribution in [1.29, 1.82) is 0 Å². The summed E-state index contributed by atoms with van der Waals surface area (Å²) >= 11 is 0. The molecule has 0 atom stereocenters. The summed E-state index contributed by atoms with van der Waals surface area (Å²) in [5.74, 6) is 2.24. The zero-order valence-electron chi connectivity index (χ0n) is 15.5. The smallest absolute Gasteiger partial charge is 0.164 e. The number of para-hydroxylation sites is 1. The van der Waals surface area contributed by atoms with E-state index in [-0.39, 0.29) is 0 Å². The van der Waals surface area contributed by atoms with Crippen LogP contribution in [0.5, 0.6) is 0 Å². The number of aryl methyl sites for hydroxylation is 2. The molecule has 0 radical (unpaired) electrons. The monoisotopic (exact) mass is 370 g/mol. The molecule has 0 amide bonds. The Morgan fingerprint density at radius 1 is 1.04 bits per heavy atom. The van der Waals surface area contributed by atoms with Gasteiger partial charge >= 0.3 is 0 Å². The van der Waals surface area contributed by atoms with E-state index in [1.165, 1.54) is 0 Å². The third-order valence-electron chi connectivity index (χ3n) is 4.89. The quantitative estimate of drug-likeness (QED) is 0.513. The van der Waals surface area contributed by atoms with E-state index in [1.54, 1.807) is 23.3 Å². The lowest BCUT2D eigenvalue weighted by molar-refractivity contribution is 0.555. The lowest BCUT2D eigenvalue weighted by Gasteiger charge is -2.08. The first kappa shape index (κ1) is 16.4. The van der Waals surface area contributed by atoms with Crippen LogP contribution in [-0.2, 0) is 13.6 Å². The molecule has 0 saturated carbocycles. The Bertz CT molecular complexity index is 1290. The number of anilines is 1. The topological polar surface area (TPSA) is 81.7 Å². The van der Waals surface area contributed by atoms with E-state index in [1.807, 2.05) is 37.4 Å². The van der Waals surface area contributed by atoms with E-state index in [0.717, 1.165) is 44.7 Å². The standard InChI is InChI=1S/C21H18N6O/c1-13-15-5-3-4-6-17(15)28-18(13)12-23-20-16-11-24-27(2)21(16)26-19(25-20)14-7-9-22-10-8-14/h3-11H,12H2,1-2H3,(H,23,25,26). The van der Waals surface area contributed by atoms with Gasteiger partial charge in [0.15, 0.2) is 11.5 Å². The van der Waals surface area contributed by atoms with Crippen LogP contribution in [0.2, 0.25) is 0 Å². The summed E-state index contributed by atoms with van der Waals surface area (Å²) in [6.45, 7) is 2.60. The molecule has 1 aromatic carbocycles. The summed E-state index contributed by atoms with van der Waals surface area (Å²) in [6, 6.07) is 11.8. The van der Waals surface area contributed by atoms with Gasteiger partial charge in [0.2, 0.25) is 0 Å². The van der Waals surface area contributed by atoms with Gasteiger partial charge in [-0.25, -0.2) is 9.97 Å². The van der Waals surface area contributed by atoms with Gasteiger partial charge in [0, 0.05) is 36.0 Å². The number of nitrogens with one attached hydrogen (secondary N) is 1. The second-order valence-electron chi connectivity index (χ2n) is 6.64. The second kappa shape index (κ2) is 6.45. The zero-order chi connectivity index (χ0) is 19.1. The fraction of sp³-hybridized carbons (Fsp3) is 0.143. The molecule has 4 aromatic heterocycles. The summed E-state index contributed by atoms with van der Waals surface area (Å²) in [5.41, 5.74) is 3.70. The molecule has 7 nitrogen and oxygen atoms in total. The molecule has 7 heteroatoms. The van der Waals surface area contributed by atoms with Crippen molar-refractivity contribution in [3.05, 3.63) is 66.3 Å². The van der Waals surface area contributed by atoms with Gasteiger partial charge in [-0.3, -0.25) is 9.67 Å². The Hall–Kier alpha value is -3.74. The Morgan fingerprint density at radius 2 is 1.86 bits per heavy atom. The minimum atomic E-state index is 0.525. The zero-order valence-corrected chi connectivity index (χ0v) is 15.5. The van der Waals surface area contributed by atoms with E-state index in [2.05, 4.69) is 33.4 Å². The van der Waals surface area contributed by atoms with Crippen molar-refractivity contribution in [3.8, 4) is 11.4 Å². The lowest BCUT2D eigenvalue weighted by Crippen LogP contribution is -2.05. The Morgan fingerprint density at radius 3 is 2.68 bits per heavy atom. The molecule has 5 aromatic rings. The number of rotatable bonds is 4. The van der Waals surface area contributed by atoms with Crippen molar-refractivity contribution in [2.45, 2.75) is 13.5 Å². The van der Waals surface area contributed by atoms with Gasteiger partial charge in [-0.05, 0) is 25.1 Å². The van der Waals surface area contributed by atoms with E-state index in [0.29, 0.717) is 12.4 Å². The average molecular weight is 370 g/mol. The number of benzene rings is 1. The van der Waals surface area contributed by atoms with Crippen LogP contribution in [0.3, 0.4) is 0 Å². The van der Waals surface area contributed by atoms with E-state index < -0.39 is 0 Å². The molecule has 0 bridgehead atoms. The SMILES string of the molecule is Cc1c(CNc2nc(-c3ccncc3)nc3c2cnn3C)oc2ccccc12. The largest absolute Gasteiger partial charge is 0.459 e. The number of fused-ring (bicyclic) bond motifs is 2. The number of nitrogens with zero attached hydrogens (tertiary/aromatic N) is 5. The van der Waals surface area contributed by atoms with Gasteiger partial charge in [0.05, 0.1) is 18.1 Å². The Balaban J connectivity index is 1.55. The fourth-order valence-electron chi connectivity index (χ4n) is 3.34. The molecule has 0 saturated heterocycles. The predicted molar refractivity (Wildman–Crippen MR) is 108 cm³/mol. The van der Waals surface area contributed by atoms with Crippen molar-refractivity contribution in [3.63, 3.8) is 0 Å². The molecule has 5 rings (SSSR count). The van der Waals surface area contributed by atoms with Gasteiger partial charge in [-0.1, -0.05) is 18.2 Å². The molecule has 0 aliphatic rings. The molecule has 28 heavy (non-hydrogen) atoms. The van der Waals surface area contributed by atoms with Crippen LogP contribution in [-0.4, -0.2) is 24.7 Å². The molecule has 0 fully saturated rings. The molecule has 0 unspecified atom stereocenters. The highest BCUT2D eigenvalue weighted by atomic mass is 16.3.